The van der Waals surface area contributed by atoms with E-state index in [2.05, 4.69) is 21.3 Å². The molecule has 2 rings (SSSR count). The van der Waals surface area contributed by atoms with Gasteiger partial charge in [-0.1, -0.05) is 12.1 Å². The molecular weight excluding hydrogens is 472 g/mol. The van der Waals surface area contributed by atoms with Crippen molar-refractivity contribution >= 4 is 28.2 Å². The Hall–Kier alpha value is -1.13. The van der Waals surface area contributed by atoms with Gasteiger partial charge >= 0.3 is 0 Å². The highest BCUT2D eigenvalue weighted by atomic mass is 32.2. The predicted molar refractivity (Wildman–Crippen MR) is 141 cm³/mol. The highest BCUT2D eigenvalue weighted by molar-refractivity contribution is 7.85. The number of aryl methyl sites for hydroxylation is 1. The first kappa shape index (κ1) is 29.1. The number of hydrogen-bond donors (Lipinski definition) is 1. The molecule has 194 valence electrons. The highest BCUT2D eigenvalue weighted by Gasteiger charge is 2.33. The Morgan fingerprint density at radius 3 is 2.32 bits per heavy atom. The molecule has 34 heavy (non-hydrogen) atoms. The van der Waals surface area contributed by atoms with E-state index in [0.717, 1.165) is 25.0 Å². The molecule has 1 aliphatic heterocycles. The average Bonchev–Trinajstić information content (AvgIpc) is 3.08. The van der Waals surface area contributed by atoms with Gasteiger partial charge in [0.25, 0.3) is 0 Å². The molecule has 9 heteroatoms. The summed E-state index contributed by atoms with van der Waals surface area (Å²) in [6.07, 6.45) is 4.07. The second-order valence-corrected chi connectivity index (χ2v) is 15.0. The van der Waals surface area contributed by atoms with Crippen LogP contribution in [0.2, 0.25) is 0 Å². The Labute approximate surface area is 210 Å². The summed E-state index contributed by atoms with van der Waals surface area (Å²) in [5.41, 5.74) is 1.19. The van der Waals surface area contributed by atoms with Crippen LogP contribution >= 0.6 is 0 Å². The van der Waals surface area contributed by atoms with Gasteiger partial charge in [-0.25, -0.2) is 13.1 Å². The number of nitrogens with zero attached hydrogens (tertiary/aromatic N) is 1. The lowest BCUT2D eigenvalue weighted by atomic mass is 10.1. The van der Waals surface area contributed by atoms with Gasteiger partial charge in [0, 0.05) is 6.21 Å². The fourth-order valence-corrected chi connectivity index (χ4v) is 4.46. The van der Waals surface area contributed by atoms with Crippen molar-refractivity contribution in [3.05, 3.63) is 29.8 Å². The quantitative estimate of drug-likeness (QED) is 0.440. The second-order valence-electron chi connectivity index (χ2n) is 11.0. The number of ether oxygens (including phenoxy) is 3. The molecule has 1 fully saturated rings. The van der Waals surface area contributed by atoms with E-state index >= 15 is 0 Å². The number of nitrogens with one attached hydrogen (secondary N) is 1. The molecule has 1 aromatic rings. The molecule has 1 saturated heterocycles. The Kier molecular flexibility index (Phi) is 10.5. The topological polar surface area (TPSA) is 86.2 Å². The maximum absolute atomic E-state index is 12.6. The van der Waals surface area contributed by atoms with Crippen molar-refractivity contribution in [2.45, 2.75) is 102 Å². The van der Waals surface area contributed by atoms with Crippen LogP contribution in [0.15, 0.2) is 28.7 Å². The standard InChI is InChI=1S/C25H42N2O5S2/c1-23(2,3)33(28)26-16-20(27-34(29)24(4,5)6)11-9-10-19-12-14-21(15-13-19)30-17-22-18-31-25(7,8)32-22/h12-16,20,22,27H,9-11,17-18H2,1-8H3/t20?,22-,33?,34?/m1/s1. The van der Waals surface area contributed by atoms with Crippen LogP contribution in [-0.2, 0) is 37.9 Å². The first-order valence-corrected chi connectivity index (χ1v) is 14.1. The zero-order valence-electron chi connectivity index (χ0n) is 21.9. The van der Waals surface area contributed by atoms with Gasteiger partial charge in [0.2, 0.25) is 0 Å². The smallest absolute Gasteiger partial charge is 0.163 e. The maximum Gasteiger partial charge on any atom is 0.163 e. The van der Waals surface area contributed by atoms with E-state index in [9.17, 15) is 8.42 Å². The van der Waals surface area contributed by atoms with Crippen molar-refractivity contribution < 1.29 is 22.6 Å². The van der Waals surface area contributed by atoms with Gasteiger partial charge in [-0.3, -0.25) is 0 Å². The zero-order chi connectivity index (χ0) is 25.6. The SMILES string of the molecule is CC1(C)OC[C@@H](COc2ccc(CCCC(C=NS(=O)C(C)(C)C)NS(=O)C(C)(C)C)cc2)O1. The third-order valence-electron chi connectivity index (χ3n) is 5.08. The lowest BCUT2D eigenvalue weighted by Crippen LogP contribution is -2.41. The summed E-state index contributed by atoms with van der Waals surface area (Å²) >= 11 is 0. The van der Waals surface area contributed by atoms with Crippen molar-refractivity contribution in [3.63, 3.8) is 0 Å². The predicted octanol–water partition coefficient (Wildman–Crippen LogP) is 4.49. The Morgan fingerprint density at radius 2 is 1.79 bits per heavy atom. The summed E-state index contributed by atoms with van der Waals surface area (Å²) in [6.45, 7) is 16.2. The second kappa shape index (κ2) is 12.2. The van der Waals surface area contributed by atoms with E-state index < -0.39 is 37.3 Å². The number of hydrogen-bond acceptors (Lipinski definition) is 5. The minimum atomic E-state index is -1.35. The van der Waals surface area contributed by atoms with Crippen LogP contribution in [0, 0.1) is 0 Å². The van der Waals surface area contributed by atoms with Crippen molar-refractivity contribution in [3.8, 4) is 5.75 Å². The third-order valence-corrected chi connectivity index (χ3v) is 8.07. The molecule has 0 aliphatic carbocycles. The van der Waals surface area contributed by atoms with Crippen molar-refractivity contribution in [2.75, 3.05) is 13.2 Å². The number of rotatable bonds is 11. The normalized spacial score (nSPS) is 21.5. The molecule has 3 unspecified atom stereocenters. The molecule has 4 atom stereocenters. The van der Waals surface area contributed by atoms with E-state index in [1.807, 2.05) is 67.5 Å². The molecule has 1 aliphatic rings. The van der Waals surface area contributed by atoms with Gasteiger partial charge < -0.3 is 14.2 Å². The van der Waals surface area contributed by atoms with E-state index in [1.165, 1.54) is 5.56 Å². The molecular formula is C25H42N2O5S2. The summed E-state index contributed by atoms with van der Waals surface area (Å²) in [5, 5.41) is 0. The molecule has 0 radical (unpaired) electrons. The van der Waals surface area contributed by atoms with E-state index in [-0.39, 0.29) is 12.1 Å². The fourth-order valence-electron chi connectivity index (χ4n) is 3.08. The maximum atomic E-state index is 12.6. The van der Waals surface area contributed by atoms with Crippen LogP contribution in [0.4, 0.5) is 0 Å². The lowest BCUT2D eigenvalue weighted by molar-refractivity contribution is -0.141. The molecule has 1 N–H and O–H groups in total. The Bertz CT molecular complexity index is 858. The largest absolute Gasteiger partial charge is 0.491 e. The molecule has 0 amide bonds. The van der Waals surface area contributed by atoms with Gasteiger partial charge in [0.1, 0.15) is 29.4 Å². The zero-order valence-corrected chi connectivity index (χ0v) is 23.5. The van der Waals surface area contributed by atoms with Crippen molar-refractivity contribution in [1.29, 1.82) is 0 Å². The Morgan fingerprint density at radius 1 is 1.15 bits per heavy atom. The van der Waals surface area contributed by atoms with Gasteiger partial charge in [0.05, 0.1) is 33.1 Å². The molecule has 0 spiro atoms. The van der Waals surface area contributed by atoms with E-state index in [0.29, 0.717) is 13.2 Å². The number of benzene rings is 1. The van der Waals surface area contributed by atoms with Gasteiger partial charge in [-0.05, 0) is 92.3 Å². The van der Waals surface area contributed by atoms with E-state index in [1.54, 1.807) is 6.21 Å². The molecule has 0 aromatic heterocycles. The summed E-state index contributed by atoms with van der Waals surface area (Å²) in [4.78, 5) is 0. The molecule has 0 saturated carbocycles. The fraction of sp³-hybridized carbons (Fsp3) is 0.720. The monoisotopic (exact) mass is 514 g/mol. The summed E-state index contributed by atoms with van der Waals surface area (Å²) in [5.74, 6) is 0.255. The third kappa shape index (κ3) is 10.2. The molecule has 7 nitrogen and oxygen atoms in total. The summed E-state index contributed by atoms with van der Waals surface area (Å²) in [6, 6.07) is 7.84. The lowest BCUT2D eigenvalue weighted by Gasteiger charge is -2.22. The molecule has 1 heterocycles. The minimum absolute atomic E-state index is 0.0629. The van der Waals surface area contributed by atoms with Gasteiger partial charge in [-0.15, -0.1) is 0 Å². The Balaban J connectivity index is 1.87. The minimum Gasteiger partial charge on any atom is -0.491 e. The van der Waals surface area contributed by atoms with Crippen LogP contribution in [-0.4, -0.2) is 55.3 Å². The molecule has 1 aromatic carbocycles. The van der Waals surface area contributed by atoms with Crippen LogP contribution in [0.25, 0.3) is 0 Å². The highest BCUT2D eigenvalue weighted by Crippen LogP contribution is 2.23. The van der Waals surface area contributed by atoms with Crippen molar-refractivity contribution in [2.24, 2.45) is 4.40 Å². The first-order chi connectivity index (χ1) is 15.7. The summed E-state index contributed by atoms with van der Waals surface area (Å²) < 4.78 is 48.7. The van der Waals surface area contributed by atoms with Crippen LogP contribution in [0.1, 0.15) is 73.8 Å². The molecule has 0 bridgehead atoms. The van der Waals surface area contributed by atoms with E-state index in [4.69, 9.17) is 14.2 Å². The first-order valence-electron chi connectivity index (χ1n) is 11.8. The van der Waals surface area contributed by atoms with Crippen LogP contribution in [0.5, 0.6) is 5.75 Å². The average molecular weight is 515 g/mol. The van der Waals surface area contributed by atoms with Crippen LogP contribution < -0.4 is 9.46 Å². The van der Waals surface area contributed by atoms with Crippen molar-refractivity contribution in [1.82, 2.24) is 4.72 Å². The van der Waals surface area contributed by atoms with Crippen LogP contribution in [0.3, 0.4) is 0 Å². The van der Waals surface area contributed by atoms with Gasteiger partial charge in [0.15, 0.2) is 5.79 Å². The van der Waals surface area contributed by atoms with Gasteiger partial charge in [-0.2, -0.15) is 4.40 Å². The summed E-state index contributed by atoms with van der Waals surface area (Å²) in [7, 11) is -2.58.